The van der Waals surface area contributed by atoms with Crippen molar-refractivity contribution in [2.45, 2.75) is 0 Å². The number of carbonyl (C=O) groups is 1. The van der Waals surface area contributed by atoms with Gasteiger partial charge in [-0.3, -0.25) is 4.79 Å². The Balaban J connectivity index is 2.37. The number of nitrogens with two attached hydrogens (primary N) is 2. The molecule has 4 nitrogen and oxygen atoms in total. The van der Waals surface area contributed by atoms with Crippen molar-refractivity contribution in [2.75, 3.05) is 23.7 Å². The fraction of sp³-hybridized carbons (Fsp3) is 0.133. The first kappa shape index (κ1) is 15.6. The van der Waals surface area contributed by atoms with Crippen LogP contribution in [-0.4, -0.2) is 19.0 Å². The van der Waals surface area contributed by atoms with Gasteiger partial charge in [0.15, 0.2) is 0 Å². The van der Waals surface area contributed by atoms with Crippen LogP contribution < -0.4 is 16.4 Å². The summed E-state index contributed by atoms with van der Waals surface area (Å²) in [5.41, 5.74) is 13.0. The van der Waals surface area contributed by atoms with Gasteiger partial charge in [-0.05, 0) is 42.5 Å². The van der Waals surface area contributed by atoms with E-state index in [0.717, 1.165) is 0 Å². The number of hydrogen-bond acceptors (Lipinski definition) is 3. The SMILES string of the molecule is NCCN(C(=O)c1ccc(Cl)cc1Cl)c1ccc(N)cc1. The van der Waals surface area contributed by atoms with Crippen molar-refractivity contribution in [3.8, 4) is 0 Å². The molecule has 0 bridgehead atoms. The zero-order valence-corrected chi connectivity index (χ0v) is 12.7. The smallest absolute Gasteiger partial charge is 0.259 e. The number of nitrogen functional groups attached to an aromatic ring is 1. The molecule has 0 aliphatic rings. The van der Waals surface area contributed by atoms with E-state index in [-0.39, 0.29) is 5.91 Å². The van der Waals surface area contributed by atoms with Crippen molar-refractivity contribution >= 4 is 40.5 Å². The zero-order chi connectivity index (χ0) is 15.4. The van der Waals surface area contributed by atoms with E-state index in [1.54, 1.807) is 47.4 Å². The van der Waals surface area contributed by atoms with Gasteiger partial charge in [0, 0.05) is 29.5 Å². The van der Waals surface area contributed by atoms with Crippen LogP contribution in [0, 0.1) is 0 Å². The summed E-state index contributed by atoms with van der Waals surface area (Å²) in [6, 6.07) is 11.8. The summed E-state index contributed by atoms with van der Waals surface area (Å²) < 4.78 is 0. The zero-order valence-electron chi connectivity index (χ0n) is 11.2. The van der Waals surface area contributed by atoms with Crippen molar-refractivity contribution in [3.05, 3.63) is 58.1 Å². The van der Waals surface area contributed by atoms with E-state index in [9.17, 15) is 4.79 Å². The third-order valence-electron chi connectivity index (χ3n) is 2.96. The third kappa shape index (κ3) is 3.67. The van der Waals surface area contributed by atoms with Crippen molar-refractivity contribution in [1.29, 1.82) is 0 Å². The highest BCUT2D eigenvalue weighted by molar-refractivity contribution is 6.37. The molecule has 6 heteroatoms. The van der Waals surface area contributed by atoms with Gasteiger partial charge in [0.05, 0.1) is 10.6 Å². The topological polar surface area (TPSA) is 72.3 Å². The Morgan fingerprint density at radius 2 is 1.76 bits per heavy atom. The van der Waals surface area contributed by atoms with Crippen molar-refractivity contribution in [2.24, 2.45) is 5.73 Å². The Morgan fingerprint density at radius 1 is 1.10 bits per heavy atom. The van der Waals surface area contributed by atoms with Gasteiger partial charge in [-0.1, -0.05) is 23.2 Å². The molecule has 0 unspecified atom stereocenters. The molecule has 1 amide bonds. The first-order chi connectivity index (χ1) is 10.0. The molecular formula is C15H15Cl2N3O. The minimum absolute atomic E-state index is 0.230. The average Bonchev–Trinajstić information content (AvgIpc) is 2.45. The summed E-state index contributed by atoms with van der Waals surface area (Å²) in [5, 5.41) is 0.791. The van der Waals surface area contributed by atoms with Gasteiger partial charge in [0.1, 0.15) is 0 Å². The monoisotopic (exact) mass is 323 g/mol. The van der Waals surface area contributed by atoms with Gasteiger partial charge in [-0.25, -0.2) is 0 Å². The summed E-state index contributed by atoms with van der Waals surface area (Å²) in [7, 11) is 0. The molecule has 0 saturated heterocycles. The van der Waals surface area contributed by atoms with Gasteiger partial charge in [-0.15, -0.1) is 0 Å². The predicted molar refractivity (Wildman–Crippen MR) is 88.0 cm³/mol. The molecule has 0 atom stereocenters. The molecule has 4 N–H and O–H groups in total. The van der Waals surface area contributed by atoms with Gasteiger partial charge >= 0.3 is 0 Å². The number of hydrogen-bond donors (Lipinski definition) is 2. The molecule has 0 saturated carbocycles. The van der Waals surface area contributed by atoms with Gasteiger partial charge in [-0.2, -0.15) is 0 Å². The molecule has 0 aliphatic carbocycles. The quantitative estimate of drug-likeness (QED) is 0.849. The second-order valence-electron chi connectivity index (χ2n) is 4.46. The van der Waals surface area contributed by atoms with Crippen LogP contribution in [0.2, 0.25) is 10.0 Å². The number of benzene rings is 2. The van der Waals surface area contributed by atoms with Crippen LogP contribution in [0.3, 0.4) is 0 Å². The van der Waals surface area contributed by atoms with Gasteiger partial charge in [0.25, 0.3) is 5.91 Å². The highest BCUT2D eigenvalue weighted by Gasteiger charge is 2.19. The lowest BCUT2D eigenvalue weighted by molar-refractivity contribution is 0.0988. The predicted octanol–water partition coefficient (Wildman–Crippen LogP) is 3.18. The number of nitrogens with zero attached hydrogens (tertiary/aromatic N) is 1. The number of halogens is 2. The summed E-state index contributed by atoms with van der Waals surface area (Å²) in [6.45, 7) is 0.711. The molecular weight excluding hydrogens is 309 g/mol. The van der Waals surface area contributed by atoms with E-state index in [2.05, 4.69) is 0 Å². The van der Waals surface area contributed by atoms with Crippen LogP contribution in [0.25, 0.3) is 0 Å². The summed E-state index contributed by atoms with van der Waals surface area (Å²) in [6.07, 6.45) is 0. The lowest BCUT2D eigenvalue weighted by atomic mass is 10.1. The number of amides is 1. The maximum Gasteiger partial charge on any atom is 0.259 e. The first-order valence-corrected chi connectivity index (χ1v) is 7.11. The standard InChI is InChI=1S/C15H15Cl2N3O/c16-10-1-6-13(14(17)9-10)15(21)20(8-7-18)12-4-2-11(19)3-5-12/h1-6,9H,7-8,18-19H2. The molecule has 0 aliphatic heterocycles. The Morgan fingerprint density at radius 3 is 2.33 bits per heavy atom. The van der Waals surface area contributed by atoms with E-state index in [4.69, 9.17) is 34.7 Å². The molecule has 21 heavy (non-hydrogen) atoms. The maximum absolute atomic E-state index is 12.7. The van der Waals surface area contributed by atoms with Gasteiger partial charge < -0.3 is 16.4 Å². The van der Waals surface area contributed by atoms with Gasteiger partial charge in [0.2, 0.25) is 0 Å². The Labute approximate surface area is 133 Å². The Bertz CT molecular complexity index is 644. The molecule has 0 radical (unpaired) electrons. The largest absolute Gasteiger partial charge is 0.399 e. The summed E-state index contributed by atoms with van der Waals surface area (Å²) >= 11 is 12.0. The minimum Gasteiger partial charge on any atom is -0.399 e. The summed E-state index contributed by atoms with van der Waals surface area (Å²) in [4.78, 5) is 14.2. The number of rotatable bonds is 4. The van der Waals surface area contributed by atoms with Crippen molar-refractivity contribution < 1.29 is 4.79 Å². The number of anilines is 2. The van der Waals surface area contributed by atoms with Crippen LogP contribution in [0.5, 0.6) is 0 Å². The lowest BCUT2D eigenvalue weighted by Gasteiger charge is -2.23. The highest BCUT2D eigenvalue weighted by atomic mass is 35.5. The van der Waals surface area contributed by atoms with E-state index >= 15 is 0 Å². The average molecular weight is 324 g/mol. The molecule has 2 rings (SSSR count). The first-order valence-electron chi connectivity index (χ1n) is 6.35. The fourth-order valence-electron chi connectivity index (χ4n) is 1.94. The molecule has 2 aromatic rings. The highest BCUT2D eigenvalue weighted by Crippen LogP contribution is 2.25. The van der Waals surface area contributed by atoms with E-state index in [1.165, 1.54) is 0 Å². The molecule has 2 aromatic carbocycles. The van der Waals surface area contributed by atoms with E-state index < -0.39 is 0 Å². The molecule has 0 aromatic heterocycles. The van der Waals surface area contributed by atoms with Crippen LogP contribution in [0.4, 0.5) is 11.4 Å². The molecule has 0 fully saturated rings. The summed E-state index contributed by atoms with van der Waals surface area (Å²) in [5.74, 6) is -0.230. The maximum atomic E-state index is 12.7. The fourth-order valence-corrected chi connectivity index (χ4v) is 2.43. The Hall–Kier alpha value is -1.75. The molecule has 110 valence electrons. The van der Waals surface area contributed by atoms with Crippen LogP contribution in [0.1, 0.15) is 10.4 Å². The second kappa shape index (κ2) is 6.80. The molecule has 0 spiro atoms. The second-order valence-corrected chi connectivity index (χ2v) is 5.30. The van der Waals surface area contributed by atoms with E-state index in [1.807, 2.05) is 0 Å². The number of carbonyl (C=O) groups excluding carboxylic acids is 1. The van der Waals surface area contributed by atoms with Crippen molar-refractivity contribution in [1.82, 2.24) is 0 Å². The lowest BCUT2D eigenvalue weighted by Crippen LogP contribution is -2.35. The van der Waals surface area contributed by atoms with Crippen molar-refractivity contribution in [3.63, 3.8) is 0 Å². The van der Waals surface area contributed by atoms with Crippen LogP contribution in [-0.2, 0) is 0 Å². The molecule has 0 heterocycles. The minimum atomic E-state index is -0.230. The van der Waals surface area contributed by atoms with Crippen LogP contribution >= 0.6 is 23.2 Å². The van der Waals surface area contributed by atoms with E-state index in [0.29, 0.717) is 40.1 Å². The Kier molecular flexibility index (Phi) is 5.07. The normalized spacial score (nSPS) is 10.4. The third-order valence-corrected chi connectivity index (χ3v) is 3.51. The van der Waals surface area contributed by atoms with Crippen LogP contribution in [0.15, 0.2) is 42.5 Å².